The van der Waals surface area contributed by atoms with Crippen LogP contribution in [0.5, 0.6) is 11.5 Å². The summed E-state index contributed by atoms with van der Waals surface area (Å²) in [4.78, 5) is 0. The van der Waals surface area contributed by atoms with Crippen molar-refractivity contribution in [3.8, 4) is 11.5 Å². The lowest BCUT2D eigenvalue weighted by molar-refractivity contribution is 0.243. The first-order valence-corrected chi connectivity index (χ1v) is 9.19. The van der Waals surface area contributed by atoms with Crippen LogP contribution < -0.4 is 9.47 Å². The molecule has 2 aromatic rings. The Bertz CT molecular complexity index is 608. The Balaban J connectivity index is 2.25. The van der Waals surface area contributed by atoms with Gasteiger partial charge in [-0.05, 0) is 62.1 Å². The van der Waals surface area contributed by atoms with E-state index < -0.39 is 0 Å². The van der Waals surface area contributed by atoms with Gasteiger partial charge in [0.05, 0.1) is 12.7 Å². The van der Waals surface area contributed by atoms with Gasteiger partial charge < -0.3 is 9.47 Å². The zero-order valence-electron chi connectivity index (χ0n) is 13.7. The number of ether oxygens (including phenoxy) is 2. The van der Waals surface area contributed by atoms with Crippen LogP contribution in [0.2, 0.25) is 0 Å². The maximum absolute atomic E-state index is 5.98. The molecule has 0 N–H and O–H groups in total. The van der Waals surface area contributed by atoms with E-state index in [-0.39, 0.29) is 6.10 Å². The third-order valence-electron chi connectivity index (χ3n) is 3.57. The number of fused-ring (bicyclic) bond motifs is 1. The Morgan fingerprint density at radius 3 is 2.59 bits per heavy atom. The molecule has 22 heavy (non-hydrogen) atoms. The number of unbranched alkanes of at least 4 members (excludes halogenated alkanes) is 1. The van der Waals surface area contributed by atoms with E-state index in [2.05, 4.69) is 53.2 Å². The van der Waals surface area contributed by atoms with Gasteiger partial charge in [0.1, 0.15) is 11.5 Å². The molecule has 0 heterocycles. The minimum atomic E-state index is 0.195. The molecule has 0 amide bonds. The lowest BCUT2D eigenvalue weighted by atomic mass is 10.0. The number of hydrogen-bond donors (Lipinski definition) is 0. The van der Waals surface area contributed by atoms with Crippen LogP contribution >= 0.6 is 15.9 Å². The van der Waals surface area contributed by atoms with Gasteiger partial charge in [-0.2, -0.15) is 0 Å². The van der Waals surface area contributed by atoms with Crippen LogP contribution in [0.25, 0.3) is 10.8 Å². The van der Waals surface area contributed by atoms with Gasteiger partial charge in [0.2, 0.25) is 0 Å². The van der Waals surface area contributed by atoms with Gasteiger partial charge in [-0.3, -0.25) is 0 Å². The number of rotatable bonds is 8. The highest BCUT2D eigenvalue weighted by Crippen LogP contribution is 2.31. The average molecular weight is 365 g/mol. The summed E-state index contributed by atoms with van der Waals surface area (Å²) in [7, 11) is 0. The van der Waals surface area contributed by atoms with Crippen LogP contribution in [0.4, 0.5) is 0 Å². The topological polar surface area (TPSA) is 18.5 Å². The summed E-state index contributed by atoms with van der Waals surface area (Å²) in [6.45, 7) is 7.05. The minimum Gasteiger partial charge on any atom is -0.493 e. The van der Waals surface area contributed by atoms with E-state index in [0.717, 1.165) is 42.7 Å². The van der Waals surface area contributed by atoms with Crippen molar-refractivity contribution in [2.45, 2.75) is 46.1 Å². The van der Waals surface area contributed by atoms with Crippen molar-refractivity contribution in [3.05, 3.63) is 35.9 Å². The largest absolute Gasteiger partial charge is 0.493 e. The lowest BCUT2D eigenvalue weighted by Crippen LogP contribution is -2.05. The minimum absolute atomic E-state index is 0.195. The fraction of sp³-hybridized carbons (Fsp3) is 0.474. The fourth-order valence-electron chi connectivity index (χ4n) is 2.58. The SMILES string of the molecule is CCc1c(OCCCCBr)ccc2cc(OC(C)C)ccc12. The van der Waals surface area contributed by atoms with E-state index in [9.17, 15) is 0 Å². The fourth-order valence-corrected chi connectivity index (χ4v) is 2.97. The van der Waals surface area contributed by atoms with E-state index in [0.29, 0.717) is 0 Å². The zero-order valence-corrected chi connectivity index (χ0v) is 15.3. The molecule has 3 heteroatoms. The summed E-state index contributed by atoms with van der Waals surface area (Å²) in [6, 6.07) is 10.5. The molecule has 120 valence electrons. The van der Waals surface area contributed by atoms with Crippen molar-refractivity contribution >= 4 is 26.7 Å². The second-order valence-electron chi connectivity index (χ2n) is 5.69. The molecular weight excluding hydrogens is 340 g/mol. The average Bonchev–Trinajstić information content (AvgIpc) is 2.50. The van der Waals surface area contributed by atoms with E-state index in [1.54, 1.807) is 0 Å². The molecule has 0 saturated carbocycles. The number of aryl methyl sites for hydroxylation is 1. The molecule has 0 fully saturated rings. The highest BCUT2D eigenvalue weighted by Gasteiger charge is 2.09. The molecule has 0 aliphatic heterocycles. The quantitative estimate of drug-likeness (QED) is 0.438. The van der Waals surface area contributed by atoms with Crippen molar-refractivity contribution < 1.29 is 9.47 Å². The molecule has 0 aromatic heterocycles. The summed E-state index contributed by atoms with van der Waals surface area (Å²) in [5.74, 6) is 1.94. The molecule has 0 radical (unpaired) electrons. The van der Waals surface area contributed by atoms with Crippen LogP contribution in [0.1, 0.15) is 39.2 Å². The van der Waals surface area contributed by atoms with Crippen molar-refractivity contribution in [3.63, 3.8) is 0 Å². The van der Waals surface area contributed by atoms with Gasteiger partial charge in [0.15, 0.2) is 0 Å². The molecule has 2 aromatic carbocycles. The first-order chi connectivity index (χ1) is 10.7. The molecule has 0 bridgehead atoms. The maximum atomic E-state index is 5.98. The van der Waals surface area contributed by atoms with Gasteiger partial charge in [0.25, 0.3) is 0 Å². The molecule has 0 aliphatic carbocycles. The summed E-state index contributed by atoms with van der Waals surface area (Å²) >= 11 is 3.45. The first kappa shape index (κ1) is 17.1. The third-order valence-corrected chi connectivity index (χ3v) is 4.13. The number of benzene rings is 2. The Labute approximate surface area is 141 Å². The van der Waals surface area contributed by atoms with Crippen molar-refractivity contribution in [2.75, 3.05) is 11.9 Å². The van der Waals surface area contributed by atoms with Crippen LogP contribution in [0.15, 0.2) is 30.3 Å². The highest BCUT2D eigenvalue weighted by atomic mass is 79.9. The van der Waals surface area contributed by atoms with Gasteiger partial charge in [-0.15, -0.1) is 0 Å². The van der Waals surface area contributed by atoms with E-state index >= 15 is 0 Å². The lowest BCUT2D eigenvalue weighted by Gasteiger charge is -2.15. The molecule has 0 atom stereocenters. The Hall–Kier alpha value is -1.22. The van der Waals surface area contributed by atoms with E-state index in [1.165, 1.54) is 16.3 Å². The highest BCUT2D eigenvalue weighted by molar-refractivity contribution is 9.09. The summed E-state index contributed by atoms with van der Waals surface area (Å²) < 4.78 is 11.8. The third kappa shape index (κ3) is 4.39. The molecule has 2 rings (SSSR count). The number of alkyl halides is 1. The second kappa shape index (κ2) is 8.42. The molecular formula is C19H25BrO2. The van der Waals surface area contributed by atoms with Gasteiger partial charge in [-0.1, -0.05) is 35.0 Å². The van der Waals surface area contributed by atoms with Gasteiger partial charge >= 0.3 is 0 Å². The van der Waals surface area contributed by atoms with Crippen LogP contribution in [0.3, 0.4) is 0 Å². The zero-order chi connectivity index (χ0) is 15.9. The van der Waals surface area contributed by atoms with Crippen molar-refractivity contribution in [1.29, 1.82) is 0 Å². The van der Waals surface area contributed by atoms with Crippen LogP contribution in [0, 0.1) is 0 Å². The van der Waals surface area contributed by atoms with Gasteiger partial charge in [0, 0.05) is 10.9 Å². The summed E-state index contributed by atoms with van der Waals surface area (Å²) in [6.07, 6.45) is 3.38. The smallest absolute Gasteiger partial charge is 0.123 e. The first-order valence-electron chi connectivity index (χ1n) is 8.06. The number of hydrogen-bond acceptors (Lipinski definition) is 2. The van der Waals surface area contributed by atoms with E-state index in [4.69, 9.17) is 9.47 Å². The van der Waals surface area contributed by atoms with Crippen LogP contribution in [-0.4, -0.2) is 18.0 Å². The summed E-state index contributed by atoms with van der Waals surface area (Å²) in [5, 5.41) is 3.51. The Morgan fingerprint density at radius 2 is 1.91 bits per heavy atom. The summed E-state index contributed by atoms with van der Waals surface area (Å²) in [5.41, 5.74) is 1.28. The Kier molecular flexibility index (Phi) is 6.56. The van der Waals surface area contributed by atoms with Gasteiger partial charge in [-0.25, -0.2) is 0 Å². The maximum Gasteiger partial charge on any atom is 0.123 e. The molecule has 2 nitrogen and oxygen atoms in total. The Morgan fingerprint density at radius 1 is 1.09 bits per heavy atom. The molecule has 0 unspecified atom stereocenters. The standard InChI is InChI=1S/C19H25BrO2/c1-4-17-18-9-8-16(22-14(2)3)13-15(18)7-10-19(17)21-12-6-5-11-20/h7-10,13-14H,4-6,11-12H2,1-3H3. The van der Waals surface area contributed by atoms with E-state index in [1.807, 2.05) is 13.8 Å². The predicted molar refractivity (Wildman–Crippen MR) is 97.6 cm³/mol. The monoisotopic (exact) mass is 364 g/mol. The molecule has 0 aliphatic rings. The van der Waals surface area contributed by atoms with Crippen molar-refractivity contribution in [2.24, 2.45) is 0 Å². The number of halogens is 1. The predicted octanol–water partition coefficient (Wildman–Crippen LogP) is 5.74. The second-order valence-corrected chi connectivity index (χ2v) is 6.48. The normalized spacial score (nSPS) is 11.1. The molecule has 0 saturated heterocycles. The van der Waals surface area contributed by atoms with Crippen molar-refractivity contribution in [1.82, 2.24) is 0 Å². The van der Waals surface area contributed by atoms with Crippen LogP contribution in [-0.2, 0) is 6.42 Å². The molecule has 0 spiro atoms.